The van der Waals surface area contributed by atoms with Crippen molar-refractivity contribution in [1.29, 1.82) is 0 Å². The molecule has 1 N–H and O–H groups in total. The average molecular weight is 658 g/mol. The summed E-state index contributed by atoms with van der Waals surface area (Å²) in [6.07, 6.45) is 1.51. The molecule has 6 rings (SSSR count). The third-order valence-corrected chi connectivity index (χ3v) is 9.87. The van der Waals surface area contributed by atoms with Crippen molar-refractivity contribution in [2.45, 2.75) is 62.8 Å². The van der Waals surface area contributed by atoms with E-state index >= 15 is 0 Å². The number of fused-ring (bicyclic) bond motifs is 1. The number of benzene rings is 3. The number of thioether (sulfide) groups is 1. The maximum absolute atomic E-state index is 13.8. The molecule has 46 heavy (non-hydrogen) atoms. The van der Waals surface area contributed by atoms with Crippen molar-refractivity contribution in [3.05, 3.63) is 94.1 Å². The second-order valence-electron chi connectivity index (χ2n) is 11.2. The van der Waals surface area contributed by atoms with Crippen molar-refractivity contribution < 1.29 is 28.9 Å². The molecule has 2 aliphatic rings. The molecule has 1 amide bonds. The zero-order valence-electron chi connectivity index (χ0n) is 26.1. The van der Waals surface area contributed by atoms with Crippen molar-refractivity contribution in [3.63, 3.8) is 0 Å². The van der Waals surface area contributed by atoms with Crippen LogP contribution in [0.5, 0.6) is 17.2 Å². The molecule has 0 aliphatic carbocycles. The predicted octanol–water partition coefficient (Wildman–Crippen LogP) is 7.28. The average Bonchev–Trinajstić information content (AvgIpc) is 3.74. The first-order valence-corrected chi connectivity index (χ1v) is 17.1. The lowest BCUT2D eigenvalue weighted by molar-refractivity contribution is -0.132. The van der Waals surface area contributed by atoms with Gasteiger partial charge in [0.05, 0.1) is 24.8 Å². The molecule has 3 heterocycles. The smallest absolute Gasteiger partial charge is 0.301 e. The van der Waals surface area contributed by atoms with Gasteiger partial charge in [-0.2, -0.15) is 0 Å². The van der Waals surface area contributed by atoms with Crippen LogP contribution in [0.1, 0.15) is 61.1 Å². The summed E-state index contributed by atoms with van der Waals surface area (Å²) in [5, 5.41) is 20.7. The van der Waals surface area contributed by atoms with Crippen molar-refractivity contribution in [2.24, 2.45) is 0 Å². The van der Waals surface area contributed by atoms with E-state index in [2.05, 4.69) is 34.5 Å². The summed E-state index contributed by atoms with van der Waals surface area (Å²) in [6.45, 7) is 8.80. The number of hydrogen-bond acceptors (Lipinski definition) is 10. The summed E-state index contributed by atoms with van der Waals surface area (Å²) >= 11 is 2.73. The first-order chi connectivity index (χ1) is 22.3. The maximum atomic E-state index is 13.8. The molecule has 4 aromatic rings. The van der Waals surface area contributed by atoms with Crippen LogP contribution in [0.3, 0.4) is 0 Å². The highest BCUT2D eigenvalue weighted by atomic mass is 32.2. The molecule has 1 fully saturated rings. The molecule has 0 unspecified atom stereocenters. The van der Waals surface area contributed by atoms with Gasteiger partial charge in [-0.15, -0.1) is 10.2 Å². The van der Waals surface area contributed by atoms with Gasteiger partial charge < -0.3 is 19.3 Å². The van der Waals surface area contributed by atoms with Crippen LogP contribution in [0, 0.1) is 6.92 Å². The molecule has 2 atom stereocenters. The van der Waals surface area contributed by atoms with E-state index in [1.165, 1.54) is 33.6 Å². The predicted molar refractivity (Wildman–Crippen MR) is 179 cm³/mol. The van der Waals surface area contributed by atoms with E-state index in [-0.39, 0.29) is 22.6 Å². The molecule has 0 bridgehead atoms. The fraction of sp³-hybridized carbons (Fsp3) is 0.314. The van der Waals surface area contributed by atoms with Crippen LogP contribution in [-0.4, -0.2) is 46.3 Å². The molecule has 1 saturated heterocycles. The van der Waals surface area contributed by atoms with E-state index in [1.807, 2.05) is 33.8 Å². The molecule has 11 heteroatoms. The van der Waals surface area contributed by atoms with Crippen LogP contribution in [0.2, 0.25) is 0 Å². The van der Waals surface area contributed by atoms with Gasteiger partial charge >= 0.3 is 5.91 Å². The quantitative estimate of drug-likeness (QED) is 0.0585. The lowest BCUT2D eigenvalue weighted by atomic mass is 9.94. The molecule has 9 nitrogen and oxygen atoms in total. The SMILES string of the molecule is CCCOc1ccc([C@H]2/C(=C(\O)c3ccc4c(c3)C[C@H](C)O4)C(=O)C(=O)N2c2nnc(SCc3ccc(C)cc3)s2)cc1OCC. The normalized spacial score (nSPS) is 18.5. The van der Waals surface area contributed by atoms with Crippen molar-refractivity contribution >= 4 is 45.7 Å². The first kappa shape index (κ1) is 31.6. The summed E-state index contributed by atoms with van der Waals surface area (Å²) in [7, 11) is 0. The van der Waals surface area contributed by atoms with Gasteiger partial charge in [-0.05, 0) is 74.2 Å². The number of carbonyl (C=O) groups is 2. The largest absolute Gasteiger partial charge is 0.507 e. The van der Waals surface area contributed by atoms with Gasteiger partial charge in [0.15, 0.2) is 15.8 Å². The number of rotatable bonds is 11. The van der Waals surface area contributed by atoms with Crippen LogP contribution in [0.25, 0.3) is 5.76 Å². The fourth-order valence-corrected chi connectivity index (χ4v) is 7.38. The van der Waals surface area contributed by atoms with Gasteiger partial charge in [0.25, 0.3) is 5.78 Å². The van der Waals surface area contributed by atoms with Gasteiger partial charge in [-0.25, -0.2) is 0 Å². The minimum absolute atomic E-state index is 0.0129. The summed E-state index contributed by atoms with van der Waals surface area (Å²) in [6, 6.07) is 17.9. The molecular formula is C35H35N3O6S2. The van der Waals surface area contributed by atoms with Crippen LogP contribution in [0.4, 0.5) is 5.13 Å². The highest BCUT2D eigenvalue weighted by Crippen LogP contribution is 2.46. The Hall–Kier alpha value is -4.35. The molecular weight excluding hydrogens is 623 g/mol. The number of Topliss-reactive ketones (excluding diaryl/α,β-unsaturated/α-hetero) is 1. The van der Waals surface area contributed by atoms with E-state index in [4.69, 9.17) is 14.2 Å². The first-order valence-electron chi connectivity index (χ1n) is 15.3. The second-order valence-corrected chi connectivity index (χ2v) is 13.4. The number of aliphatic hydroxyl groups is 1. The number of aromatic nitrogens is 2. The third-order valence-electron chi connectivity index (χ3n) is 7.74. The summed E-state index contributed by atoms with van der Waals surface area (Å²) in [4.78, 5) is 28.9. The minimum Gasteiger partial charge on any atom is -0.507 e. The molecule has 0 spiro atoms. The molecule has 238 valence electrons. The van der Waals surface area contributed by atoms with E-state index in [0.717, 1.165) is 23.3 Å². The number of aryl methyl sites for hydroxylation is 1. The number of carbonyl (C=O) groups excluding carboxylic acids is 2. The highest BCUT2D eigenvalue weighted by molar-refractivity contribution is 8.00. The van der Waals surface area contributed by atoms with E-state index in [0.29, 0.717) is 52.4 Å². The Morgan fingerprint density at radius 1 is 1.04 bits per heavy atom. The zero-order valence-corrected chi connectivity index (χ0v) is 27.7. The molecule has 0 radical (unpaired) electrons. The topological polar surface area (TPSA) is 111 Å². The van der Waals surface area contributed by atoms with E-state index in [9.17, 15) is 14.7 Å². The van der Waals surface area contributed by atoms with Gasteiger partial charge in [-0.1, -0.05) is 65.9 Å². The maximum Gasteiger partial charge on any atom is 0.301 e. The Bertz CT molecular complexity index is 1800. The van der Waals surface area contributed by atoms with Crippen molar-refractivity contribution in [2.75, 3.05) is 18.1 Å². The van der Waals surface area contributed by atoms with Gasteiger partial charge in [0.2, 0.25) is 5.13 Å². The lowest BCUT2D eigenvalue weighted by Crippen LogP contribution is -2.29. The van der Waals surface area contributed by atoms with E-state index < -0.39 is 17.7 Å². The number of hydrogen-bond donors (Lipinski definition) is 1. The fourth-order valence-electron chi connectivity index (χ4n) is 5.55. The zero-order chi connectivity index (χ0) is 32.4. The van der Waals surface area contributed by atoms with Crippen molar-refractivity contribution in [1.82, 2.24) is 10.2 Å². The number of nitrogens with zero attached hydrogens (tertiary/aromatic N) is 3. The third kappa shape index (κ3) is 6.34. The molecule has 2 aliphatic heterocycles. The Kier molecular flexibility index (Phi) is 9.32. The second kappa shape index (κ2) is 13.6. The Morgan fingerprint density at radius 2 is 1.85 bits per heavy atom. The minimum atomic E-state index is -0.981. The number of amides is 1. The molecule has 3 aromatic carbocycles. The number of anilines is 1. The van der Waals surface area contributed by atoms with Gasteiger partial charge in [0, 0.05) is 17.7 Å². The summed E-state index contributed by atoms with van der Waals surface area (Å²) in [5.41, 5.74) is 4.20. The number of ketones is 1. The monoisotopic (exact) mass is 657 g/mol. The van der Waals surface area contributed by atoms with Crippen LogP contribution in [0.15, 0.2) is 70.6 Å². The van der Waals surface area contributed by atoms with Crippen LogP contribution >= 0.6 is 23.1 Å². The Balaban J connectivity index is 1.42. The standard InChI is InChI=1S/C35H35N3O6S2/c1-5-15-43-27-14-11-23(18-28(27)42-6-2)30-29(31(39)24-12-13-26-25(17-24)16-21(4)44-26)32(40)33(41)38(30)34-36-37-35(46-34)45-19-22-9-7-20(3)8-10-22/h7-14,17-18,21,30,39H,5-6,15-16,19H2,1-4H3/b31-29+/t21-,30-/m0/s1. The summed E-state index contributed by atoms with van der Waals surface area (Å²) in [5.74, 6) is 0.596. The molecule has 1 aromatic heterocycles. The van der Waals surface area contributed by atoms with E-state index in [1.54, 1.807) is 30.3 Å². The number of aliphatic hydroxyl groups excluding tert-OH is 1. The number of ether oxygens (including phenoxy) is 3. The Labute approximate surface area is 276 Å². The lowest BCUT2D eigenvalue weighted by Gasteiger charge is -2.23. The van der Waals surface area contributed by atoms with Gasteiger partial charge in [0.1, 0.15) is 17.6 Å². The molecule has 0 saturated carbocycles. The van der Waals surface area contributed by atoms with Crippen molar-refractivity contribution in [3.8, 4) is 17.2 Å². The highest BCUT2D eigenvalue weighted by Gasteiger charge is 2.48. The van der Waals surface area contributed by atoms with Crippen LogP contribution < -0.4 is 19.1 Å². The Morgan fingerprint density at radius 3 is 2.61 bits per heavy atom. The van der Waals surface area contributed by atoms with Crippen LogP contribution in [-0.2, 0) is 21.8 Å². The van der Waals surface area contributed by atoms with Gasteiger partial charge in [-0.3, -0.25) is 14.5 Å². The summed E-state index contributed by atoms with van der Waals surface area (Å²) < 4.78 is 18.3.